The van der Waals surface area contributed by atoms with Gasteiger partial charge in [-0.05, 0) is 57.9 Å². The molecule has 4 aromatic rings. The normalized spacial score (nSPS) is 15.5. The number of hydrogen-bond acceptors (Lipinski definition) is 8. The van der Waals surface area contributed by atoms with Crippen LogP contribution in [0.1, 0.15) is 58.7 Å². The number of anilines is 1. The highest BCUT2D eigenvalue weighted by Gasteiger charge is 2.33. The van der Waals surface area contributed by atoms with Crippen molar-refractivity contribution in [3.8, 4) is 22.7 Å². The predicted octanol–water partition coefficient (Wildman–Crippen LogP) is 6.04. The molecule has 0 aliphatic carbocycles. The Hall–Kier alpha value is -4.87. The molecule has 1 amide bonds. The number of benzene rings is 1. The van der Waals surface area contributed by atoms with E-state index in [0.717, 1.165) is 12.1 Å². The van der Waals surface area contributed by atoms with Crippen molar-refractivity contribution in [2.75, 3.05) is 24.5 Å². The summed E-state index contributed by atoms with van der Waals surface area (Å²) >= 11 is 0. The summed E-state index contributed by atoms with van der Waals surface area (Å²) in [7, 11) is 0. The van der Waals surface area contributed by atoms with Gasteiger partial charge in [-0.1, -0.05) is 32.6 Å². The van der Waals surface area contributed by atoms with Crippen LogP contribution in [0.3, 0.4) is 0 Å². The van der Waals surface area contributed by atoms with Crippen molar-refractivity contribution in [3.05, 3.63) is 76.5 Å². The summed E-state index contributed by atoms with van der Waals surface area (Å²) in [5.41, 5.74) is -0.836. The lowest BCUT2D eigenvalue weighted by Gasteiger charge is -2.41. The van der Waals surface area contributed by atoms with E-state index >= 15 is 8.78 Å². The van der Waals surface area contributed by atoms with Crippen LogP contribution < -0.4 is 10.6 Å². The molecule has 1 saturated heterocycles. The number of fused-ring (bicyclic) bond motifs is 1. The second kappa shape index (κ2) is 11.9. The molecule has 1 fully saturated rings. The number of nitrogens with zero attached hydrogens (tertiary/aromatic N) is 6. The van der Waals surface area contributed by atoms with Crippen molar-refractivity contribution in [3.63, 3.8) is 0 Å². The van der Waals surface area contributed by atoms with Crippen LogP contribution in [-0.2, 0) is 4.74 Å². The minimum atomic E-state index is -0.921. The summed E-state index contributed by atoms with van der Waals surface area (Å²) in [6.07, 6.45) is 2.71. The molecule has 0 spiro atoms. The first kappa shape index (κ1) is 31.6. The monoisotopic (exact) mass is 618 g/mol. The molecule has 4 heterocycles. The number of phenolic OH excluding ortho intramolecular Hbond substituents is 1. The molecule has 236 valence electrons. The second-order valence-electron chi connectivity index (χ2n) is 12.3. The van der Waals surface area contributed by atoms with E-state index in [9.17, 15) is 14.7 Å². The number of ether oxygens (including phenoxy) is 1. The average Bonchev–Trinajstić information content (AvgIpc) is 2.96. The molecular formula is C33H36F2N6O4. The van der Waals surface area contributed by atoms with Crippen molar-refractivity contribution in [1.29, 1.82) is 0 Å². The highest BCUT2D eigenvalue weighted by atomic mass is 19.1. The van der Waals surface area contributed by atoms with Gasteiger partial charge in [0.1, 0.15) is 28.7 Å². The summed E-state index contributed by atoms with van der Waals surface area (Å²) in [6, 6.07) is 6.10. The standard InChI is InChI=1S/C33H36F2N6O4/c1-8-20-12-13-36-26(18(2)3)28(20)41-30-21(16-23(35)27(37-30)25-22(34)10-9-11-24(25)42)29(38-31(41)43)40-15-14-39(17-19(40)4)32(44)45-33(5,6)7/h8-13,16,18-19,42H,1,14-15,17H2,2-7H3/t19-/m0/s1. The van der Waals surface area contributed by atoms with E-state index in [1.54, 1.807) is 44.0 Å². The molecule has 0 bridgehead atoms. The van der Waals surface area contributed by atoms with Gasteiger partial charge in [0.05, 0.1) is 22.3 Å². The number of amides is 1. The van der Waals surface area contributed by atoms with Gasteiger partial charge in [0.15, 0.2) is 11.5 Å². The Morgan fingerprint density at radius 3 is 2.51 bits per heavy atom. The fourth-order valence-electron chi connectivity index (χ4n) is 5.53. The highest BCUT2D eigenvalue weighted by molar-refractivity contribution is 5.91. The van der Waals surface area contributed by atoms with E-state index in [2.05, 4.69) is 21.5 Å². The summed E-state index contributed by atoms with van der Waals surface area (Å²) in [5, 5.41) is 10.7. The fraction of sp³-hybridized carbons (Fsp3) is 0.364. The van der Waals surface area contributed by atoms with Gasteiger partial charge in [0, 0.05) is 37.4 Å². The topological polar surface area (TPSA) is 114 Å². The first-order valence-corrected chi connectivity index (χ1v) is 14.7. The Labute approximate surface area is 259 Å². The first-order valence-electron chi connectivity index (χ1n) is 14.7. The lowest BCUT2D eigenvalue weighted by Crippen LogP contribution is -2.55. The van der Waals surface area contributed by atoms with Gasteiger partial charge < -0.3 is 19.6 Å². The Morgan fingerprint density at radius 1 is 1.16 bits per heavy atom. The van der Waals surface area contributed by atoms with Crippen LogP contribution in [0.4, 0.5) is 19.4 Å². The van der Waals surface area contributed by atoms with Crippen LogP contribution in [0.15, 0.2) is 47.9 Å². The quantitative estimate of drug-likeness (QED) is 0.288. The van der Waals surface area contributed by atoms with Crippen LogP contribution in [-0.4, -0.2) is 66.9 Å². The largest absolute Gasteiger partial charge is 0.507 e. The Morgan fingerprint density at radius 2 is 1.89 bits per heavy atom. The molecule has 0 saturated carbocycles. The average molecular weight is 619 g/mol. The van der Waals surface area contributed by atoms with Crippen molar-refractivity contribution in [2.45, 2.75) is 59.1 Å². The number of aromatic nitrogens is 4. The maximum Gasteiger partial charge on any atom is 0.410 e. The SMILES string of the molecule is C=Cc1ccnc(C(C)C)c1-n1c(=O)nc(N2CCN(C(=O)OC(C)(C)C)C[C@@H]2C)c2cc(F)c(-c3c(O)cccc3F)nc21. The second-order valence-corrected chi connectivity index (χ2v) is 12.3. The first-order chi connectivity index (χ1) is 21.2. The van der Waals surface area contributed by atoms with Crippen LogP contribution >= 0.6 is 0 Å². The van der Waals surface area contributed by atoms with Gasteiger partial charge in [0.25, 0.3) is 0 Å². The Bertz CT molecular complexity index is 1850. The molecule has 1 aliphatic heterocycles. The molecule has 1 aliphatic rings. The maximum atomic E-state index is 16.0. The highest BCUT2D eigenvalue weighted by Crippen LogP contribution is 2.37. The number of carbonyl (C=O) groups excluding carboxylic acids is 1. The number of halogens is 2. The lowest BCUT2D eigenvalue weighted by molar-refractivity contribution is 0.0218. The van der Waals surface area contributed by atoms with Crippen molar-refractivity contribution in [2.24, 2.45) is 0 Å². The Kier molecular flexibility index (Phi) is 8.35. The van der Waals surface area contributed by atoms with Gasteiger partial charge in [-0.3, -0.25) is 4.98 Å². The molecule has 1 atom stereocenters. The number of piperazine rings is 1. The number of phenols is 1. The molecule has 0 unspecified atom stereocenters. The van der Waals surface area contributed by atoms with Crippen LogP contribution in [0.2, 0.25) is 0 Å². The molecular weight excluding hydrogens is 582 g/mol. The number of hydrogen-bond donors (Lipinski definition) is 1. The van der Waals surface area contributed by atoms with Crippen LogP contribution in [0.25, 0.3) is 34.1 Å². The predicted molar refractivity (Wildman–Crippen MR) is 169 cm³/mol. The van der Waals surface area contributed by atoms with E-state index in [1.165, 1.54) is 16.7 Å². The van der Waals surface area contributed by atoms with Crippen LogP contribution in [0.5, 0.6) is 5.75 Å². The van der Waals surface area contributed by atoms with E-state index in [0.29, 0.717) is 16.9 Å². The van der Waals surface area contributed by atoms with Gasteiger partial charge >= 0.3 is 11.8 Å². The molecule has 10 nitrogen and oxygen atoms in total. The van der Waals surface area contributed by atoms with E-state index in [4.69, 9.17) is 4.74 Å². The zero-order valence-electron chi connectivity index (χ0n) is 26.1. The van der Waals surface area contributed by atoms with E-state index < -0.39 is 46.0 Å². The zero-order chi connectivity index (χ0) is 32.8. The van der Waals surface area contributed by atoms with Gasteiger partial charge in [0.2, 0.25) is 0 Å². The summed E-state index contributed by atoms with van der Waals surface area (Å²) in [4.78, 5) is 43.7. The summed E-state index contributed by atoms with van der Waals surface area (Å²) < 4.78 is 37.7. The lowest BCUT2D eigenvalue weighted by atomic mass is 10.0. The molecule has 12 heteroatoms. The molecule has 1 N–H and O–H groups in total. The molecule has 45 heavy (non-hydrogen) atoms. The van der Waals surface area contributed by atoms with Crippen molar-refractivity contribution in [1.82, 2.24) is 24.4 Å². The number of aromatic hydroxyl groups is 1. The zero-order valence-corrected chi connectivity index (χ0v) is 26.1. The van der Waals surface area contributed by atoms with Gasteiger partial charge in [-0.25, -0.2) is 27.9 Å². The summed E-state index contributed by atoms with van der Waals surface area (Å²) in [6.45, 7) is 15.7. The van der Waals surface area contributed by atoms with Crippen molar-refractivity contribution >= 4 is 29.0 Å². The third-order valence-corrected chi connectivity index (χ3v) is 7.56. The minimum Gasteiger partial charge on any atom is -0.507 e. The van der Waals surface area contributed by atoms with Gasteiger partial charge in [-0.15, -0.1) is 0 Å². The summed E-state index contributed by atoms with van der Waals surface area (Å²) in [5.74, 6) is -2.29. The maximum absolute atomic E-state index is 16.0. The smallest absolute Gasteiger partial charge is 0.410 e. The molecule has 3 aromatic heterocycles. The molecule has 0 radical (unpaired) electrons. The minimum absolute atomic E-state index is 0.0103. The fourth-order valence-corrected chi connectivity index (χ4v) is 5.53. The van der Waals surface area contributed by atoms with Gasteiger partial charge in [-0.2, -0.15) is 4.98 Å². The number of rotatable bonds is 5. The number of carbonyl (C=O) groups is 1. The third-order valence-electron chi connectivity index (χ3n) is 7.56. The Balaban J connectivity index is 1.76. The van der Waals surface area contributed by atoms with Crippen molar-refractivity contribution < 1.29 is 23.4 Å². The molecule has 5 rings (SSSR count). The van der Waals surface area contributed by atoms with E-state index in [-0.39, 0.29) is 48.4 Å². The van der Waals surface area contributed by atoms with Crippen LogP contribution in [0, 0.1) is 11.6 Å². The third kappa shape index (κ3) is 5.96. The van der Waals surface area contributed by atoms with E-state index in [1.807, 2.05) is 25.7 Å². The number of pyridine rings is 2. The molecule has 1 aromatic carbocycles.